The Hall–Kier alpha value is -1.09. The van der Waals surface area contributed by atoms with Gasteiger partial charge in [-0.3, -0.25) is 0 Å². The van der Waals surface area contributed by atoms with Crippen molar-refractivity contribution in [2.75, 3.05) is 13.7 Å². The number of pyridine rings is 1. The molecule has 0 fully saturated rings. The largest absolute Gasteiger partial charge is 0.481 e. The Morgan fingerprint density at radius 1 is 1.50 bits per heavy atom. The molecule has 0 aliphatic carbocycles. The van der Waals surface area contributed by atoms with E-state index in [0.29, 0.717) is 18.3 Å². The second-order valence-corrected chi connectivity index (χ2v) is 3.56. The Bertz CT molecular complexity index is 299. The molecule has 3 nitrogen and oxygen atoms in total. The number of ether oxygens (including phenoxy) is 1. The van der Waals surface area contributed by atoms with Crippen LogP contribution in [0.25, 0.3) is 0 Å². The highest BCUT2D eigenvalue weighted by atomic mass is 16.5. The van der Waals surface area contributed by atoms with Crippen LogP contribution in [0.15, 0.2) is 12.1 Å². The van der Waals surface area contributed by atoms with Crippen molar-refractivity contribution in [2.45, 2.75) is 26.2 Å². The van der Waals surface area contributed by atoms with Crippen molar-refractivity contribution >= 4 is 0 Å². The minimum absolute atomic E-state index is 0.468. The summed E-state index contributed by atoms with van der Waals surface area (Å²) in [6.45, 7) is 4.85. The van der Waals surface area contributed by atoms with E-state index in [4.69, 9.17) is 10.5 Å². The standard InChI is InChI=1S/C11H18N2O/c1-8(4-5-12)10-6-9(2)13-11(7-10)14-3/h6-8H,4-5,12H2,1-3H3. The lowest BCUT2D eigenvalue weighted by Crippen LogP contribution is -2.05. The number of methoxy groups -OCH3 is 1. The van der Waals surface area contributed by atoms with Gasteiger partial charge in [-0.1, -0.05) is 6.92 Å². The highest BCUT2D eigenvalue weighted by molar-refractivity contribution is 5.27. The van der Waals surface area contributed by atoms with E-state index in [1.807, 2.05) is 13.0 Å². The summed E-state index contributed by atoms with van der Waals surface area (Å²) in [4.78, 5) is 4.24. The normalized spacial score (nSPS) is 12.6. The first-order chi connectivity index (χ1) is 6.67. The van der Waals surface area contributed by atoms with Gasteiger partial charge in [0.25, 0.3) is 0 Å². The number of nitrogens with zero attached hydrogens (tertiary/aromatic N) is 1. The first-order valence-corrected chi connectivity index (χ1v) is 4.90. The Morgan fingerprint density at radius 3 is 2.79 bits per heavy atom. The number of rotatable bonds is 4. The molecule has 0 saturated carbocycles. The molecule has 0 amide bonds. The fraction of sp³-hybridized carbons (Fsp3) is 0.545. The number of aromatic nitrogens is 1. The lowest BCUT2D eigenvalue weighted by Gasteiger charge is -2.12. The van der Waals surface area contributed by atoms with Gasteiger partial charge in [0.2, 0.25) is 5.88 Å². The van der Waals surface area contributed by atoms with Crippen molar-refractivity contribution in [3.8, 4) is 5.88 Å². The van der Waals surface area contributed by atoms with E-state index in [0.717, 1.165) is 12.1 Å². The summed E-state index contributed by atoms with van der Waals surface area (Å²) >= 11 is 0. The predicted molar refractivity (Wildman–Crippen MR) is 57.6 cm³/mol. The van der Waals surface area contributed by atoms with Gasteiger partial charge in [0, 0.05) is 11.8 Å². The van der Waals surface area contributed by atoms with Crippen LogP contribution >= 0.6 is 0 Å². The van der Waals surface area contributed by atoms with Crippen LogP contribution in [0, 0.1) is 6.92 Å². The van der Waals surface area contributed by atoms with Gasteiger partial charge in [-0.2, -0.15) is 0 Å². The van der Waals surface area contributed by atoms with Crippen LogP contribution < -0.4 is 10.5 Å². The third-order valence-electron chi connectivity index (χ3n) is 2.33. The number of hydrogen-bond donors (Lipinski definition) is 1. The third kappa shape index (κ3) is 2.70. The fourth-order valence-electron chi connectivity index (χ4n) is 1.47. The highest BCUT2D eigenvalue weighted by Gasteiger charge is 2.07. The zero-order valence-corrected chi connectivity index (χ0v) is 9.08. The van der Waals surface area contributed by atoms with Crippen LogP contribution in [0.1, 0.15) is 30.5 Å². The van der Waals surface area contributed by atoms with E-state index in [9.17, 15) is 0 Å². The van der Waals surface area contributed by atoms with Crippen molar-refractivity contribution in [2.24, 2.45) is 5.73 Å². The van der Waals surface area contributed by atoms with Gasteiger partial charge < -0.3 is 10.5 Å². The zero-order valence-electron chi connectivity index (χ0n) is 9.08. The maximum atomic E-state index is 5.53. The van der Waals surface area contributed by atoms with Crippen LogP contribution in [0.3, 0.4) is 0 Å². The summed E-state index contributed by atoms with van der Waals surface area (Å²) in [5.41, 5.74) is 7.77. The molecular formula is C11H18N2O. The summed E-state index contributed by atoms with van der Waals surface area (Å²) in [7, 11) is 1.64. The molecule has 1 rings (SSSR count). The van der Waals surface area contributed by atoms with Gasteiger partial charge >= 0.3 is 0 Å². The van der Waals surface area contributed by atoms with Crippen LogP contribution in [0.2, 0.25) is 0 Å². The molecule has 0 saturated heterocycles. The molecule has 2 N–H and O–H groups in total. The molecule has 78 valence electrons. The molecule has 1 atom stereocenters. The van der Waals surface area contributed by atoms with Gasteiger partial charge in [0.15, 0.2) is 0 Å². The summed E-state index contributed by atoms with van der Waals surface area (Å²) in [6.07, 6.45) is 0.993. The Morgan fingerprint density at radius 2 is 2.21 bits per heavy atom. The molecule has 0 spiro atoms. The van der Waals surface area contributed by atoms with Gasteiger partial charge in [-0.05, 0) is 37.4 Å². The highest BCUT2D eigenvalue weighted by Crippen LogP contribution is 2.22. The molecule has 0 aliphatic rings. The zero-order chi connectivity index (χ0) is 10.6. The topological polar surface area (TPSA) is 48.1 Å². The number of nitrogens with two attached hydrogens (primary N) is 1. The molecule has 1 heterocycles. The summed E-state index contributed by atoms with van der Waals surface area (Å²) in [6, 6.07) is 4.07. The summed E-state index contributed by atoms with van der Waals surface area (Å²) in [5.74, 6) is 1.15. The Balaban J connectivity index is 2.90. The van der Waals surface area contributed by atoms with Gasteiger partial charge in [-0.25, -0.2) is 4.98 Å². The predicted octanol–water partition coefficient (Wildman–Crippen LogP) is 1.85. The molecule has 1 aromatic rings. The number of aryl methyl sites for hydroxylation is 1. The number of hydrogen-bond acceptors (Lipinski definition) is 3. The molecular weight excluding hydrogens is 176 g/mol. The van der Waals surface area contributed by atoms with E-state index in [1.54, 1.807) is 7.11 Å². The average Bonchev–Trinajstić information content (AvgIpc) is 2.17. The SMILES string of the molecule is COc1cc(C(C)CCN)cc(C)n1. The van der Waals surface area contributed by atoms with Crippen molar-refractivity contribution < 1.29 is 4.74 Å². The molecule has 1 aromatic heterocycles. The second kappa shape index (κ2) is 4.96. The van der Waals surface area contributed by atoms with Crippen LogP contribution in [0.4, 0.5) is 0 Å². The average molecular weight is 194 g/mol. The first kappa shape index (κ1) is 11.0. The monoisotopic (exact) mass is 194 g/mol. The fourth-order valence-corrected chi connectivity index (χ4v) is 1.47. The molecule has 0 radical (unpaired) electrons. The minimum atomic E-state index is 0.468. The third-order valence-corrected chi connectivity index (χ3v) is 2.33. The Labute approximate surface area is 85.3 Å². The molecule has 0 aromatic carbocycles. The first-order valence-electron chi connectivity index (χ1n) is 4.90. The quantitative estimate of drug-likeness (QED) is 0.795. The molecule has 1 unspecified atom stereocenters. The van der Waals surface area contributed by atoms with Crippen LogP contribution in [-0.2, 0) is 0 Å². The van der Waals surface area contributed by atoms with Gasteiger partial charge in [-0.15, -0.1) is 0 Å². The maximum Gasteiger partial charge on any atom is 0.213 e. The van der Waals surface area contributed by atoms with E-state index in [-0.39, 0.29) is 0 Å². The molecule has 3 heteroatoms. The minimum Gasteiger partial charge on any atom is -0.481 e. The maximum absolute atomic E-state index is 5.53. The van der Waals surface area contributed by atoms with E-state index >= 15 is 0 Å². The van der Waals surface area contributed by atoms with Gasteiger partial charge in [0.1, 0.15) is 0 Å². The molecule has 0 aliphatic heterocycles. The lowest BCUT2D eigenvalue weighted by atomic mass is 9.98. The second-order valence-electron chi connectivity index (χ2n) is 3.56. The van der Waals surface area contributed by atoms with E-state index in [1.165, 1.54) is 5.56 Å². The van der Waals surface area contributed by atoms with Crippen molar-refractivity contribution in [1.82, 2.24) is 4.98 Å². The Kier molecular flexibility index (Phi) is 3.89. The van der Waals surface area contributed by atoms with Crippen LogP contribution in [-0.4, -0.2) is 18.6 Å². The summed E-state index contributed by atoms with van der Waals surface area (Å²) in [5, 5.41) is 0. The van der Waals surface area contributed by atoms with E-state index in [2.05, 4.69) is 18.0 Å². The van der Waals surface area contributed by atoms with Gasteiger partial charge in [0.05, 0.1) is 7.11 Å². The lowest BCUT2D eigenvalue weighted by molar-refractivity contribution is 0.395. The van der Waals surface area contributed by atoms with Crippen LogP contribution in [0.5, 0.6) is 5.88 Å². The van der Waals surface area contributed by atoms with Crippen molar-refractivity contribution in [3.05, 3.63) is 23.4 Å². The van der Waals surface area contributed by atoms with Crippen molar-refractivity contribution in [1.29, 1.82) is 0 Å². The van der Waals surface area contributed by atoms with Crippen molar-refractivity contribution in [3.63, 3.8) is 0 Å². The summed E-state index contributed by atoms with van der Waals surface area (Å²) < 4.78 is 5.12. The molecule has 14 heavy (non-hydrogen) atoms. The smallest absolute Gasteiger partial charge is 0.213 e. The van der Waals surface area contributed by atoms with E-state index < -0.39 is 0 Å². The molecule has 0 bridgehead atoms.